The molecule has 0 atom stereocenters. The molecular formula is C13H13N2+. The van der Waals surface area contributed by atoms with Crippen LogP contribution in [0.5, 0.6) is 0 Å². The largest absolute Gasteiger partial charge is 0.367 e. The fraction of sp³-hybridized carbons (Fsp3) is 0.154. The average Bonchev–Trinajstić information content (AvgIpc) is 2.88. The fourth-order valence-corrected chi connectivity index (χ4v) is 2.13. The van der Waals surface area contributed by atoms with E-state index in [1.165, 1.54) is 22.4 Å². The van der Waals surface area contributed by atoms with Gasteiger partial charge in [0.1, 0.15) is 6.72 Å². The predicted octanol–water partition coefficient (Wildman–Crippen LogP) is 2.58. The van der Waals surface area contributed by atoms with Gasteiger partial charge in [-0.25, -0.2) is 4.58 Å². The smallest absolute Gasteiger partial charge is 0.208 e. The summed E-state index contributed by atoms with van der Waals surface area (Å²) in [7, 11) is 0. The first-order chi connectivity index (χ1) is 7.34. The first-order valence-electron chi connectivity index (χ1n) is 5.19. The zero-order valence-electron chi connectivity index (χ0n) is 8.53. The van der Waals surface area contributed by atoms with E-state index in [0.717, 1.165) is 13.0 Å². The molecule has 2 heteroatoms. The van der Waals surface area contributed by atoms with E-state index in [1.54, 1.807) is 0 Å². The third kappa shape index (κ3) is 1.30. The summed E-state index contributed by atoms with van der Waals surface area (Å²) in [6.45, 7) is 5.06. The van der Waals surface area contributed by atoms with Gasteiger partial charge in [-0.05, 0) is 17.2 Å². The quantitative estimate of drug-likeness (QED) is 0.678. The summed E-state index contributed by atoms with van der Waals surface area (Å²) in [6, 6.07) is 8.70. The Labute approximate surface area is 88.9 Å². The topological polar surface area (TPSA) is 18.8 Å². The molecule has 0 bridgehead atoms. The third-order valence-corrected chi connectivity index (χ3v) is 3.01. The lowest BCUT2D eigenvalue weighted by Crippen LogP contribution is -1.95. The molecule has 74 valence electrons. The number of aromatic amines is 1. The molecule has 0 unspecified atom stereocenters. The molecule has 2 heterocycles. The van der Waals surface area contributed by atoms with Crippen LogP contribution in [-0.4, -0.2) is 22.8 Å². The van der Waals surface area contributed by atoms with Crippen molar-refractivity contribution in [3.05, 3.63) is 42.2 Å². The van der Waals surface area contributed by atoms with Gasteiger partial charge in [0.2, 0.25) is 5.69 Å². The van der Waals surface area contributed by atoms with Gasteiger partial charge in [-0.3, -0.25) is 0 Å². The molecule has 0 spiro atoms. The van der Waals surface area contributed by atoms with Crippen LogP contribution in [0.4, 0.5) is 5.69 Å². The van der Waals surface area contributed by atoms with E-state index in [1.807, 2.05) is 12.4 Å². The first-order valence-corrected chi connectivity index (χ1v) is 5.19. The summed E-state index contributed by atoms with van der Waals surface area (Å²) in [4.78, 5) is 3.08. The van der Waals surface area contributed by atoms with Crippen LogP contribution in [0.15, 0.2) is 36.7 Å². The van der Waals surface area contributed by atoms with Crippen LogP contribution < -0.4 is 0 Å². The molecule has 3 rings (SSSR count). The number of H-pyrrole nitrogens is 1. The van der Waals surface area contributed by atoms with Crippen LogP contribution in [0.25, 0.3) is 11.1 Å². The molecule has 1 N–H and O–H groups in total. The van der Waals surface area contributed by atoms with Gasteiger partial charge in [0.05, 0.1) is 0 Å². The van der Waals surface area contributed by atoms with Crippen molar-refractivity contribution in [1.82, 2.24) is 4.98 Å². The van der Waals surface area contributed by atoms with Gasteiger partial charge < -0.3 is 4.98 Å². The van der Waals surface area contributed by atoms with E-state index in [9.17, 15) is 0 Å². The van der Waals surface area contributed by atoms with E-state index in [2.05, 4.69) is 40.5 Å². The minimum Gasteiger partial charge on any atom is -0.367 e. The van der Waals surface area contributed by atoms with Gasteiger partial charge in [0.15, 0.2) is 6.54 Å². The molecule has 15 heavy (non-hydrogen) atoms. The van der Waals surface area contributed by atoms with Crippen molar-refractivity contribution in [3.63, 3.8) is 0 Å². The highest BCUT2D eigenvalue weighted by Crippen LogP contribution is 2.30. The molecule has 0 radical (unpaired) electrons. The molecule has 1 aromatic heterocycles. The van der Waals surface area contributed by atoms with Crippen LogP contribution in [0.3, 0.4) is 0 Å². The lowest BCUT2D eigenvalue weighted by molar-refractivity contribution is -0.419. The summed E-state index contributed by atoms with van der Waals surface area (Å²) in [5, 5.41) is 0. The number of nitrogens with one attached hydrogen (secondary N) is 1. The Kier molecular flexibility index (Phi) is 1.75. The van der Waals surface area contributed by atoms with Gasteiger partial charge in [0, 0.05) is 30.4 Å². The Morgan fingerprint density at radius 1 is 1.20 bits per heavy atom. The van der Waals surface area contributed by atoms with Crippen molar-refractivity contribution in [1.29, 1.82) is 0 Å². The van der Waals surface area contributed by atoms with Gasteiger partial charge >= 0.3 is 0 Å². The minimum absolute atomic E-state index is 1.03. The zero-order chi connectivity index (χ0) is 10.3. The monoisotopic (exact) mass is 197 g/mol. The summed E-state index contributed by atoms with van der Waals surface area (Å²) in [5.74, 6) is 0. The summed E-state index contributed by atoms with van der Waals surface area (Å²) >= 11 is 0. The Hall–Kier alpha value is -1.83. The van der Waals surface area contributed by atoms with E-state index in [-0.39, 0.29) is 0 Å². The SMILES string of the molecule is C=[N+]1CCc2ccc(-c3cc[nH]c3)cc21. The molecule has 1 aromatic carbocycles. The maximum absolute atomic E-state index is 4.03. The van der Waals surface area contributed by atoms with Crippen LogP contribution in [-0.2, 0) is 6.42 Å². The second-order valence-corrected chi connectivity index (χ2v) is 3.96. The molecule has 2 nitrogen and oxygen atoms in total. The van der Waals surface area contributed by atoms with Gasteiger partial charge in [-0.2, -0.15) is 0 Å². The van der Waals surface area contributed by atoms with E-state index >= 15 is 0 Å². The van der Waals surface area contributed by atoms with E-state index in [4.69, 9.17) is 0 Å². The molecule has 0 saturated carbocycles. The molecule has 1 aliphatic heterocycles. The van der Waals surface area contributed by atoms with Gasteiger partial charge in [-0.15, -0.1) is 0 Å². The normalized spacial score (nSPS) is 14.3. The number of benzene rings is 1. The summed E-state index contributed by atoms with van der Waals surface area (Å²) < 4.78 is 2.07. The van der Waals surface area contributed by atoms with Crippen LogP contribution in [0.1, 0.15) is 5.56 Å². The summed E-state index contributed by atoms with van der Waals surface area (Å²) in [6.07, 6.45) is 5.08. The molecular weight excluding hydrogens is 184 g/mol. The second-order valence-electron chi connectivity index (χ2n) is 3.96. The van der Waals surface area contributed by atoms with Gasteiger partial charge in [-0.1, -0.05) is 12.1 Å². The predicted molar refractivity (Wildman–Crippen MR) is 61.8 cm³/mol. The maximum atomic E-state index is 4.03. The zero-order valence-corrected chi connectivity index (χ0v) is 8.53. The number of aromatic nitrogens is 1. The van der Waals surface area contributed by atoms with Crippen molar-refractivity contribution in [2.75, 3.05) is 6.54 Å². The Morgan fingerprint density at radius 3 is 2.93 bits per heavy atom. The van der Waals surface area contributed by atoms with E-state index in [0.29, 0.717) is 0 Å². The van der Waals surface area contributed by atoms with Gasteiger partial charge in [0.25, 0.3) is 0 Å². The lowest BCUT2D eigenvalue weighted by atomic mass is 10.1. The van der Waals surface area contributed by atoms with Crippen molar-refractivity contribution < 1.29 is 4.58 Å². The molecule has 0 aliphatic carbocycles. The number of hydrogen-bond donors (Lipinski definition) is 1. The average molecular weight is 197 g/mol. The van der Waals surface area contributed by atoms with E-state index < -0.39 is 0 Å². The molecule has 0 amide bonds. The fourth-order valence-electron chi connectivity index (χ4n) is 2.13. The Balaban J connectivity index is 2.13. The Morgan fingerprint density at radius 2 is 2.13 bits per heavy atom. The molecule has 1 aliphatic rings. The highest BCUT2D eigenvalue weighted by atomic mass is 15.0. The van der Waals surface area contributed by atoms with Crippen LogP contribution in [0.2, 0.25) is 0 Å². The molecule has 0 saturated heterocycles. The lowest BCUT2D eigenvalue weighted by Gasteiger charge is -1.99. The highest BCUT2D eigenvalue weighted by molar-refractivity contribution is 5.67. The van der Waals surface area contributed by atoms with Crippen LogP contribution >= 0.6 is 0 Å². The third-order valence-electron chi connectivity index (χ3n) is 3.01. The number of nitrogens with zero attached hydrogens (tertiary/aromatic N) is 1. The van der Waals surface area contributed by atoms with Crippen molar-refractivity contribution >= 4 is 12.4 Å². The second kappa shape index (κ2) is 3.09. The van der Waals surface area contributed by atoms with Crippen molar-refractivity contribution in [2.45, 2.75) is 6.42 Å². The first kappa shape index (κ1) is 8.48. The van der Waals surface area contributed by atoms with Crippen molar-refractivity contribution in [2.24, 2.45) is 0 Å². The number of rotatable bonds is 1. The highest BCUT2D eigenvalue weighted by Gasteiger charge is 2.21. The Bertz CT molecular complexity index is 509. The number of fused-ring (bicyclic) bond motifs is 1. The molecule has 2 aromatic rings. The van der Waals surface area contributed by atoms with Crippen molar-refractivity contribution in [3.8, 4) is 11.1 Å². The maximum Gasteiger partial charge on any atom is 0.208 e. The van der Waals surface area contributed by atoms with Crippen LogP contribution in [0, 0.1) is 0 Å². The summed E-state index contributed by atoms with van der Waals surface area (Å²) in [5.41, 5.74) is 5.17. The minimum atomic E-state index is 1.03. The number of hydrogen-bond acceptors (Lipinski definition) is 0. The molecule has 0 fully saturated rings. The standard InChI is InChI=1S/C13H13N2/c1-15-7-5-10-2-3-11(8-13(10)15)12-4-6-14-9-12/h2-4,6,8-9,14H,1,5,7H2/q+1.